The maximum absolute atomic E-state index is 12.1. The molecule has 1 N–H and O–H groups in total. The van der Waals surface area contributed by atoms with Gasteiger partial charge in [0.2, 0.25) is 5.91 Å². The van der Waals surface area contributed by atoms with Gasteiger partial charge in [-0.05, 0) is 68.8 Å². The lowest BCUT2D eigenvalue weighted by Crippen LogP contribution is -2.53. The number of hydrogen-bond donors (Lipinski definition) is 1. The molecule has 1 amide bonds. The lowest BCUT2D eigenvalue weighted by molar-refractivity contribution is -0.127. The van der Waals surface area contributed by atoms with E-state index in [4.69, 9.17) is 9.47 Å². The fourth-order valence-corrected chi connectivity index (χ4v) is 5.74. The number of likely N-dealkylation sites (N-methyl/N-ethyl adjacent to an activating group) is 1. The van der Waals surface area contributed by atoms with Crippen LogP contribution < -0.4 is 14.8 Å². The molecule has 1 unspecified atom stereocenters. The predicted octanol–water partition coefficient (Wildman–Crippen LogP) is 2.73. The molecule has 0 bridgehead atoms. The van der Waals surface area contributed by atoms with Gasteiger partial charge >= 0.3 is 0 Å². The molecule has 1 aromatic rings. The zero-order valence-electron chi connectivity index (χ0n) is 16.1. The first-order chi connectivity index (χ1) is 12.5. The zero-order valence-corrected chi connectivity index (χ0v) is 16.1. The molecule has 3 aliphatic rings. The average molecular weight is 358 g/mol. The van der Waals surface area contributed by atoms with Crippen LogP contribution in [0.4, 0.5) is 0 Å². The summed E-state index contributed by atoms with van der Waals surface area (Å²) in [5.74, 6) is 1.83. The molecule has 0 radical (unpaired) electrons. The highest BCUT2D eigenvalue weighted by molar-refractivity contribution is 5.77. The number of nitrogens with zero attached hydrogens (tertiary/aromatic N) is 1. The fourth-order valence-electron chi connectivity index (χ4n) is 5.74. The first kappa shape index (κ1) is 17.7. The van der Waals surface area contributed by atoms with Crippen molar-refractivity contribution in [1.29, 1.82) is 0 Å². The van der Waals surface area contributed by atoms with Gasteiger partial charge in [-0.1, -0.05) is 6.07 Å². The van der Waals surface area contributed by atoms with Crippen LogP contribution in [0.1, 0.15) is 44.1 Å². The van der Waals surface area contributed by atoms with E-state index in [0.29, 0.717) is 12.5 Å². The number of methoxy groups -OCH3 is 2. The minimum Gasteiger partial charge on any atom is -0.493 e. The Morgan fingerprint density at radius 3 is 2.65 bits per heavy atom. The van der Waals surface area contributed by atoms with Gasteiger partial charge in [-0.2, -0.15) is 0 Å². The molecule has 3 fully saturated rings. The summed E-state index contributed by atoms with van der Waals surface area (Å²) >= 11 is 0. The van der Waals surface area contributed by atoms with Gasteiger partial charge in [0.25, 0.3) is 0 Å². The molecule has 26 heavy (non-hydrogen) atoms. The molecule has 3 atom stereocenters. The number of hydrogen-bond acceptors (Lipinski definition) is 4. The number of rotatable bonds is 3. The molecule has 142 valence electrons. The van der Waals surface area contributed by atoms with Crippen molar-refractivity contribution in [2.45, 2.75) is 50.0 Å². The van der Waals surface area contributed by atoms with Crippen molar-refractivity contribution in [2.24, 2.45) is 5.41 Å². The minimum absolute atomic E-state index is 0.160. The highest BCUT2D eigenvalue weighted by atomic mass is 16.5. The molecular formula is C21H30N2O3. The van der Waals surface area contributed by atoms with Crippen LogP contribution in [0.3, 0.4) is 0 Å². The van der Waals surface area contributed by atoms with Crippen molar-refractivity contribution in [3.05, 3.63) is 23.8 Å². The summed E-state index contributed by atoms with van der Waals surface area (Å²) in [6, 6.07) is 6.92. The maximum atomic E-state index is 12.1. The number of amides is 1. The van der Waals surface area contributed by atoms with Crippen LogP contribution in [0.2, 0.25) is 0 Å². The Morgan fingerprint density at radius 1 is 1.12 bits per heavy atom. The molecule has 5 nitrogen and oxygen atoms in total. The molecule has 2 heterocycles. The van der Waals surface area contributed by atoms with Gasteiger partial charge in [0, 0.05) is 24.4 Å². The van der Waals surface area contributed by atoms with E-state index in [1.165, 1.54) is 12.0 Å². The Hall–Kier alpha value is -1.75. The van der Waals surface area contributed by atoms with Crippen molar-refractivity contribution < 1.29 is 14.3 Å². The van der Waals surface area contributed by atoms with E-state index in [1.54, 1.807) is 14.2 Å². The Bertz CT molecular complexity index is 706. The van der Waals surface area contributed by atoms with Crippen LogP contribution in [-0.2, 0) is 10.2 Å². The van der Waals surface area contributed by atoms with Gasteiger partial charge in [-0.25, -0.2) is 0 Å². The quantitative estimate of drug-likeness (QED) is 0.903. The van der Waals surface area contributed by atoms with Gasteiger partial charge in [0.1, 0.15) is 0 Å². The van der Waals surface area contributed by atoms with Crippen molar-refractivity contribution in [3.63, 3.8) is 0 Å². The van der Waals surface area contributed by atoms with Gasteiger partial charge < -0.3 is 19.7 Å². The van der Waals surface area contributed by atoms with Crippen LogP contribution in [0.5, 0.6) is 11.5 Å². The third-order valence-electron chi connectivity index (χ3n) is 7.28. The summed E-state index contributed by atoms with van der Waals surface area (Å²) < 4.78 is 11.0. The first-order valence-corrected chi connectivity index (χ1v) is 9.71. The molecule has 1 aromatic carbocycles. The molecule has 1 aliphatic carbocycles. The lowest BCUT2D eigenvalue weighted by Gasteiger charge is -2.51. The monoisotopic (exact) mass is 358 g/mol. The summed E-state index contributed by atoms with van der Waals surface area (Å²) in [6.07, 6.45) is 6.38. The molecule has 5 heteroatoms. The Labute approximate surface area is 156 Å². The highest BCUT2D eigenvalue weighted by Gasteiger charge is 2.55. The van der Waals surface area contributed by atoms with Gasteiger partial charge in [0.05, 0.1) is 14.2 Å². The van der Waals surface area contributed by atoms with Gasteiger partial charge in [0.15, 0.2) is 11.5 Å². The molecule has 1 saturated carbocycles. The number of fused-ring (bicyclic) bond motifs is 1. The normalized spacial score (nSPS) is 34.4. The van der Waals surface area contributed by atoms with Crippen molar-refractivity contribution >= 4 is 5.91 Å². The summed E-state index contributed by atoms with van der Waals surface area (Å²) in [5, 5.41) is 3.01. The van der Waals surface area contributed by atoms with E-state index in [9.17, 15) is 4.79 Å². The summed E-state index contributed by atoms with van der Waals surface area (Å²) in [6.45, 7) is 1.94. The molecular weight excluding hydrogens is 328 g/mol. The van der Waals surface area contributed by atoms with E-state index in [0.717, 1.165) is 50.3 Å². The smallest absolute Gasteiger partial charge is 0.220 e. The zero-order chi connectivity index (χ0) is 18.4. The summed E-state index contributed by atoms with van der Waals surface area (Å²) in [7, 11) is 5.63. The van der Waals surface area contributed by atoms with E-state index >= 15 is 0 Å². The summed E-state index contributed by atoms with van der Waals surface area (Å²) in [5.41, 5.74) is 1.71. The average Bonchev–Trinajstić information content (AvgIpc) is 2.98. The van der Waals surface area contributed by atoms with Crippen LogP contribution in [0.25, 0.3) is 0 Å². The number of ether oxygens (including phenoxy) is 2. The second kappa shape index (κ2) is 6.45. The fraction of sp³-hybridized carbons (Fsp3) is 0.667. The molecule has 1 spiro atoms. The Balaban J connectivity index is 1.68. The number of piperidine rings is 1. The number of likely N-dealkylation sites (tertiary alicyclic amines) is 1. The van der Waals surface area contributed by atoms with Gasteiger partial charge in [-0.15, -0.1) is 0 Å². The van der Waals surface area contributed by atoms with Crippen LogP contribution >= 0.6 is 0 Å². The van der Waals surface area contributed by atoms with E-state index in [-0.39, 0.29) is 16.7 Å². The summed E-state index contributed by atoms with van der Waals surface area (Å²) in [4.78, 5) is 14.6. The van der Waals surface area contributed by atoms with Crippen molar-refractivity contribution in [1.82, 2.24) is 10.2 Å². The third-order valence-corrected chi connectivity index (χ3v) is 7.28. The molecule has 2 aliphatic heterocycles. The van der Waals surface area contributed by atoms with Crippen LogP contribution in [0, 0.1) is 5.41 Å². The first-order valence-electron chi connectivity index (χ1n) is 9.71. The topological polar surface area (TPSA) is 50.8 Å². The second-order valence-electron chi connectivity index (χ2n) is 8.45. The Morgan fingerprint density at radius 2 is 1.92 bits per heavy atom. The number of nitrogens with one attached hydrogen (secondary N) is 1. The minimum atomic E-state index is 0.160. The van der Waals surface area contributed by atoms with Crippen molar-refractivity contribution in [2.75, 3.05) is 34.4 Å². The lowest BCUT2D eigenvalue weighted by atomic mass is 9.56. The van der Waals surface area contributed by atoms with E-state index in [1.807, 2.05) is 6.07 Å². The van der Waals surface area contributed by atoms with E-state index < -0.39 is 0 Å². The Kier molecular flexibility index (Phi) is 4.38. The SMILES string of the molecule is COc1ccc([C@]23CCN(C)[C@H]2CC2(CCNC(=O)C2)CC3)cc1OC. The van der Waals surface area contributed by atoms with Crippen LogP contribution in [-0.4, -0.2) is 51.2 Å². The van der Waals surface area contributed by atoms with Gasteiger partial charge in [-0.3, -0.25) is 4.79 Å². The number of benzene rings is 1. The van der Waals surface area contributed by atoms with Crippen LogP contribution in [0.15, 0.2) is 18.2 Å². The predicted molar refractivity (Wildman–Crippen MR) is 101 cm³/mol. The number of carbonyl (C=O) groups is 1. The third kappa shape index (κ3) is 2.68. The second-order valence-corrected chi connectivity index (χ2v) is 8.45. The maximum Gasteiger partial charge on any atom is 0.220 e. The standard InChI is InChI=1S/C21H30N2O3/c1-23-11-9-21(15-4-5-16(25-2)17(12-15)26-3)7-6-20(13-18(21)23)8-10-22-19(24)14-20/h4-5,12,18H,6-11,13-14H2,1-3H3,(H,22,24)/t18-,20?,21-/m0/s1. The molecule has 0 aromatic heterocycles. The van der Waals surface area contributed by atoms with E-state index in [2.05, 4.69) is 29.4 Å². The largest absolute Gasteiger partial charge is 0.493 e. The van der Waals surface area contributed by atoms with Crippen molar-refractivity contribution in [3.8, 4) is 11.5 Å². The molecule has 2 saturated heterocycles. The number of carbonyl (C=O) groups excluding carboxylic acids is 1. The highest BCUT2D eigenvalue weighted by Crippen LogP contribution is 2.56. The molecule has 4 rings (SSSR count).